The predicted octanol–water partition coefficient (Wildman–Crippen LogP) is 6.26. The molecule has 2 atom stereocenters. The molecule has 0 aliphatic heterocycles. The Morgan fingerprint density at radius 1 is 0.765 bits per heavy atom. The molecule has 51 heavy (non-hydrogen) atoms. The van der Waals surface area contributed by atoms with Crippen LogP contribution in [0.25, 0.3) is 11.1 Å². The van der Waals surface area contributed by atoms with Crippen molar-refractivity contribution >= 4 is 17.7 Å². The van der Waals surface area contributed by atoms with E-state index in [-0.39, 0.29) is 24.3 Å². The molecule has 4 aromatic rings. The number of halogens is 2. The number of nitrogens with one attached hydrogen (secondary N) is 1. The number of nitrogens with zero attached hydrogens (tertiary/aromatic N) is 2. The molecule has 0 spiro atoms. The lowest BCUT2D eigenvalue weighted by Crippen LogP contribution is -2.56. The van der Waals surface area contributed by atoms with Crippen molar-refractivity contribution in [1.82, 2.24) is 15.1 Å². The van der Waals surface area contributed by atoms with Gasteiger partial charge in [0.15, 0.2) is 11.6 Å². The van der Waals surface area contributed by atoms with Gasteiger partial charge in [-0.05, 0) is 78.1 Å². The first-order valence-electron chi connectivity index (χ1n) is 17.4. The molecular weight excluding hydrogens is 646 g/mol. The number of carbonyl (C=O) groups excluding carboxylic acids is 3. The smallest absolute Gasteiger partial charge is 0.246 e. The first kappa shape index (κ1) is 37.1. The molecule has 0 unspecified atom stereocenters. The second kappa shape index (κ2) is 17.2. The van der Waals surface area contributed by atoms with E-state index in [1.807, 2.05) is 84.9 Å². The molecule has 9 heteroatoms. The molecule has 7 nitrogen and oxygen atoms in total. The molecule has 5 rings (SSSR count). The zero-order chi connectivity index (χ0) is 36.4. The molecule has 0 radical (unpaired) electrons. The summed E-state index contributed by atoms with van der Waals surface area (Å²) in [7, 11) is 3.09. The van der Waals surface area contributed by atoms with Crippen molar-refractivity contribution in [3.05, 3.63) is 144 Å². The largest absolute Gasteiger partial charge is 0.354 e. The van der Waals surface area contributed by atoms with Crippen LogP contribution in [0.2, 0.25) is 0 Å². The van der Waals surface area contributed by atoms with Crippen molar-refractivity contribution in [3.63, 3.8) is 0 Å². The zero-order valence-electron chi connectivity index (χ0n) is 29.2. The molecule has 0 aromatic heterocycles. The highest BCUT2D eigenvalue weighted by Gasteiger charge is 2.35. The number of hydrogen-bond acceptors (Lipinski definition) is 4. The minimum atomic E-state index is -1.07. The van der Waals surface area contributed by atoms with Crippen LogP contribution in [0.5, 0.6) is 0 Å². The first-order valence-corrected chi connectivity index (χ1v) is 17.4. The van der Waals surface area contributed by atoms with Gasteiger partial charge < -0.3 is 20.9 Å². The molecule has 1 saturated carbocycles. The second-order valence-corrected chi connectivity index (χ2v) is 13.5. The van der Waals surface area contributed by atoms with Gasteiger partial charge >= 0.3 is 0 Å². The molecule has 266 valence electrons. The standard InChI is InChI=1S/C42H46F2N4O3/c1-47(39(49)15-9-23-42(45)24-10-25-42)38(28-31-16-19-34(20-17-31)33-13-7-4-8-14-33)41(51)48(2)37(29-32-18-21-35(43)36(44)27-32)40(50)46-26-22-30-11-5-3-6-12-30/h3-9,11-21,27,37-38H,10,22-26,28-29,45H2,1-2H3,(H,46,50)/b15-9+/t37-,38-/m1/s1. The number of rotatable bonds is 15. The Morgan fingerprint density at radius 2 is 1.37 bits per heavy atom. The molecule has 3 amide bonds. The fraction of sp³-hybridized carbons (Fsp3) is 0.310. The number of carbonyl (C=O) groups is 3. The summed E-state index contributed by atoms with van der Waals surface area (Å²) in [5, 5.41) is 2.92. The number of nitrogens with two attached hydrogens (primary N) is 1. The lowest BCUT2D eigenvalue weighted by Gasteiger charge is -2.37. The third kappa shape index (κ3) is 9.98. The van der Waals surface area contributed by atoms with E-state index >= 15 is 0 Å². The van der Waals surface area contributed by atoms with Gasteiger partial charge in [-0.15, -0.1) is 0 Å². The van der Waals surface area contributed by atoms with Gasteiger partial charge in [0.25, 0.3) is 0 Å². The van der Waals surface area contributed by atoms with Crippen LogP contribution in [-0.2, 0) is 33.6 Å². The Labute approximate surface area is 299 Å². The third-order valence-electron chi connectivity index (χ3n) is 9.81. The summed E-state index contributed by atoms with van der Waals surface area (Å²) in [6, 6.07) is 28.8. The van der Waals surface area contributed by atoms with Gasteiger partial charge in [0.2, 0.25) is 17.7 Å². The Bertz CT molecular complexity index is 1810. The van der Waals surface area contributed by atoms with Crippen LogP contribution < -0.4 is 11.1 Å². The fourth-order valence-electron chi connectivity index (χ4n) is 6.35. The molecule has 3 N–H and O–H groups in total. The van der Waals surface area contributed by atoms with E-state index in [4.69, 9.17) is 5.73 Å². The van der Waals surface area contributed by atoms with Crippen LogP contribution in [0.1, 0.15) is 42.4 Å². The van der Waals surface area contributed by atoms with Crippen molar-refractivity contribution in [1.29, 1.82) is 0 Å². The van der Waals surface area contributed by atoms with Crippen molar-refractivity contribution in [2.75, 3.05) is 20.6 Å². The van der Waals surface area contributed by atoms with Crippen LogP contribution in [0, 0.1) is 11.6 Å². The first-order chi connectivity index (χ1) is 24.5. The highest BCUT2D eigenvalue weighted by molar-refractivity contribution is 5.95. The molecule has 1 fully saturated rings. The Morgan fingerprint density at radius 3 is 2.00 bits per heavy atom. The minimum Gasteiger partial charge on any atom is -0.354 e. The van der Waals surface area contributed by atoms with Crippen molar-refractivity contribution in [3.8, 4) is 11.1 Å². The summed E-state index contributed by atoms with van der Waals surface area (Å²) in [4.78, 5) is 44.5. The van der Waals surface area contributed by atoms with E-state index < -0.39 is 35.5 Å². The van der Waals surface area contributed by atoms with Gasteiger partial charge in [0.1, 0.15) is 12.1 Å². The molecule has 1 aliphatic carbocycles. The number of hydrogen-bond donors (Lipinski definition) is 2. The predicted molar refractivity (Wildman–Crippen MR) is 196 cm³/mol. The van der Waals surface area contributed by atoms with Gasteiger partial charge in [-0.25, -0.2) is 8.78 Å². The van der Waals surface area contributed by atoms with Crippen molar-refractivity contribution in [2.45, 2.75) is 62.6 Å². The lowest BCUT2D eigenvalue weighted by atomic mass is 9.75. The molecular formula is C42H46F2N4O3. The highest BCUT2D eigenvalue weighted by Crippen LogP contribution is 2.32. The molecule has 1 aliphatic rings. The molecule has 4 aromatic carbocycles. The SMILES string of the molecule is CN(C(=O)/C=C/CC1(N)CCC1)[C@H](Cc1ccc(-c2ccccc2)cc1)C(=O)N(C)[C@H](Cc1ccc(F)c(F)c1)C(=O)NCCc1ccccc1. The monoisotopic (exact) mass is 692 g/mol. The Kier molecular flexibility index (Phi) is 12.5. The minimum absolute atomic E-state index is 0.0642. The van der Waals surface area contributed by atoms with Gasteiger partial charge in [0.05, 0.1) is 0 Å². The van der Waals surface area contributed by atoms with Crippen LogP contribution in [0.3, 0.4) is 0 Å². The maximum atomic E-state index is 14.5. The summed E-state index contributed by atoms with van der Waals surface area (Å²) in [6.45, 7) is 0.308. The number of likely N-dealkylation sites (N-methyl/N-ethyl adjacent to an activating group) is 2. The second-order valence-electron chi connectivity index (χ2n) is 13.5. The quantitative estimate of drug-likeness (QED) is 0.144. The zero-order valence-corrected chi connectivity index (χ0v) is 29.2. The molecule has 0 bridgehead atoms. The van der Waals surface area contributed by atoms with E-state index in [9.17, 15) is 23.2 Å². The maximum absolute atomic E-state index is 14.5. The van der Waals surface area contributed by atoms with Gasteiger partial charge in [-0.3, -0.25) is 14.4 Å². The van der Waals surface area contributed by atoms with Gasteiger partial charge in [-0.2, -0.15) is 0 Å². The number of amides is 3. The Hall–Kier alpha value is -5.15. The summed E-state index contributed by atoms with van der Waals surface area (Å²) < 4.78 is 28.1. The summed E-state index contributed by atoms with van der Waals surface area (Å²) in [6.07, 6.45) is 7.34. The fourth-order valence-corrected chi connectivity index (χ4v) is 6.35. The van der Waals surface area contributed by atoms with E-state index in [2.05, 4.69) is 5.32 Å². The summed E-state index contributed by atoms with van der Waals surface area (Å²) >= 11 is 0. The number of benzene rings is 4. The Balaban J connectivity index is 1.40. The average molecular weight is 693 g/mol. The van der Waals surface area contributed by atoms with E-state index in [1.54, 1.807) is 13.1 Å². The van der Waals surface area contributed by atoms with Gasteiger partial charge in [-0.1, -0.05) is 97.1 Å². The molecule has 0 saturated heterocycles. The van der Waals surface area contributed by atoms with Crippen LogP contribution >= 0.6 is 0 Å². The summed E-state index contributed by atoms with van der Waals surface area (Å²) in [5.41, 5.74) is 10.3. The normalized spacial score (nSPS) is 14.7. The van der Waals surface area contributed by atoms with Crippen molar-refractivity contribution in [2.24, 2.45) is 5.73 Å². The van der Waals surface area contributed by atoms with E-state index in [1.165, 1.54) is 29.0 Å². The van der Waals surface area contributed by atoms with Crippen LogP contribution in [-0.4, -0.2) is 65.8 Å². The van der Waals surface area contributed by atoms with E-state index in [0.29, 0.717) is 24.9 Å². The van der Waals surface area contributed by atoms with Crippen LogP contribution in [0.4, 0.5) is 8.78 Å². The highest BCUT2D eigenvalue weighted by atomic mass is 19.2. The van der Waals surface area contributed by atoms with E-state index in [0.717, 1.165) is 53.6 Å². The maximum Gasteiger partial charge on any atom is 0.246 e. The topological polar surface area (TPSA) is 95.7 Å². The lowest BCUT2D eigenvalue weighted by molar-refractivity contribution is -0.146. The summed E-state index contributed by atoms with van der Waals surface area (Å²) in [5.74, 6) is -3.32. The van der Waals surface area contributed by atoms with Crippen molar-refractivity contribution < 1.29 is 23.2 Å². The molecule has 0 heterocycles. The van der Waals surface area contributed by atoms with Crippen LogP contribution in [0.15, 0.2) is 115 Å². The third-order valence-corrected chi connectivity index (χ3v) is 9.81. The van der Waals surface area contributed by atoms with Gasteiger partial charge in [0, 0.05) is 39.0 Å². The average Bonchev–Trinajstić information content (AvgIpc) is 3.13.